The van der Waals surface area contributed by atoms with Crippen LogP contribution >= 0.6 is 0 Å². The number of rotatable bonds is 4. The molecule has 2 saturated heterocycles. The van der Waals surface area contributed by atoms with Gasteiger partial charge in [0.25, 0.3) is 0 Å². The lowest BCUT2D eigenvalue weighted by molar-refractivity contribution is -0.0533. The molecule has 2 aliphatic rings. The molecule has 0 bridgehead atoms. The number of nitrogens with one attached hydrogen (secondary N) is 1. The molecule has 2 heterocycles. The normalized spacial score (nSPS) is 27.2. The smallest absolute Gasteiger partial charge is 0.317 e. The maximum atomic E-state index is 11.3. The van der Waals surface area contributed by atoms with Gasteiger partial charge in [0.05, 0.1) is 19.3 Å². The van der Waals surface area contributed by atoms with E-state index in [2.05, 4.69) is 10.2 Å². The average Bonchev–Trinajstić information content (AvgIpc) is 2.72. The molecule has 0 radical (unpaired) electrons. The van der Waals surface area contributed by atoms with E-state index in [0.29, 0.717) is 6.61 Å². The molecule has 0 saturated carbocycles. The van der Waals surface area contributed by atoms with Crippen LogP contribution < -0.4 is 5.32 Å². The number of ether oxygens (including phenoxy) is 1. The third-order valence-corrected chi connectivity index (χ3v) is 3.06. The minimum Gasteiger partial charge on any atom is -0.394 e. The zero-order valence-corrected chi connectivity index (χ0v) is 9.39. The topological polar surface area (TPSA) is 65.0 Å². The van der Waals surface area contributed by atoms with E-state index in [-0.39, 0.29) is 18.7 Å². The van der Waals surface area contributed by atoms with Crippen LogP contribution in [0.1, 0.15) is 0 Å². The van der Waals surface area contributed by atoms with Gasteiger partial charge < -0.3 is 20.1 Å². The Morgan fingerprint density at radius 2 is 2.31 bits per heavy atom. The van der Waals surface area contributed by atoms with Gasteiger partial charge in [0.2, 0.25) is 0 Å². The second-order valence-corrected chi connectivity index (χ2v) is 4.19. The molecule has 2 amide bonds. The number of aliphatic hydroxyl groups is 1. The number of hydrogen-bond acceptors (Lipinski definition) is 4. The first-order chi connectivity index (χ1) is 7.79. The quantitative estimate of drug-likeness (QED) is 0.629. The second kappa shape index (κ2) is 5.47. The number of nitrogens with zero attached hydrogens (tertiary/aromatic N) is 2. The zero-order valence-electron chi connectivity index (χ0n) is 9.39. The molecule has 0 aromatic heterocycles. The average molecular weight is 229 g/mol. The minimum atomic E-state index is -0.0684. The minimum absolute atomic E-state index is 0.0342. The first-order valence-corrected chi connectivity index (χ1v) is 5.77. The van der Waals surface area contributed by atoms with E-state index in [0.717, 1.165) is 39.3 Å². The monoisotopic (exact) mass is 229 g/mol. The summed E-state index contributed by atoms with van der Waals surface area (Å²) in [6.07, 6.45) is -0.0684. The largest absolute Gasteiger partial charge is 0.394 e. The maximum Gasteiger partial charge on any atom is 0.317 e. The van der Waals surface area contributed by atoms with Crippen LogP contribution in [0.25, 0.3) is 0 Å². The van der Waals surface area contributed by atoms with Crippen molar-refractivity contribution in [1.82, 2.24) is 15.1 Å². The third-order valence-electron chi connectivity index (χ3n) is 3.06. The van der Waals surface area contributed by atoms with E-state index in [9.17, 15) is 4.79 Å². The van der Waals surface area contributed by atoms with Gasteiger partial charge in [-0.2, -0.15) is 0 Å². The highest BCUT2D eigenvalue weighted by atomic mass is 16.5. The zero-order chi connectivity index (χ0) is 11.4. The van der Waals surface area contributed by atoms with E-state index in [4.69, 9.17) is 9.84 Å². The predicted octanol–water partition coefficient (Wildman–Crippen LogP) is -1.30. The Kier molecular flexibility index (Phi) is 3.98. The summed E-state index contributed by atoms with van der Waals surface area (Å²) in [5.74, 6) is 0. The van der Waals surface area contributed by atoms with Crippen molar-refractivity contribution in [2.75, 3.05) is 52.5 Å². The van der Waals surface area contributed by atoms with Crippen LogP contribution in [0.2, 0.25) is 0 Å². The van der Waals surface area contributed by atoms with E-state index < -0.39 is 0 Å². The molecule has 1 unspecified atom stereocenters. The Hall–Kier alpha value is -0.850. The summed E-state index contributed by atoms with van der Waals surface area (Å²) in [6.45, 7) is 5.53. The summed E-state index contributed by atoms with van der Waals surface area (Å²) in [6, 6.07) is 0.0342. The van der Waals surface area contributed by atoms with Gasteiger partial charge in [0, 0.05) is 39.3 Å². The number of carbonyl (C=O) groups is 1. The summed E-state index contributed by atoms with van der Waals surface area (Å²) in [7, 11) is 0. The standard InChI is InChI=1S/C10H19N3O3/c14-8-9-7-12(5-6-16-9)3-4-13-2-1-11-10(13)15/h9,14H,1-8H2,(H,11,15). The summed E-state index contributed by atoms with van der Waals surface area (Å²) in [5.41, 5.74) is 0. The van der Waals surface area contributed by atoms with Crippen LogP contribution in [0.15, 0.2) is 0 Å². The van der Waals surface area contributed by atoms with Crippen molar-refractivity contribution in [2.45, 2.75) is 6.10 Å². The molecule has 0 aromatic carbocycles. The van der Waals surface area contributed by atoms with Gasteiger partial charge in [-0.15, -0.1) is 0 Å². The lowest BCUT2D eigenvalue weighted by Gasteiger charge is -2.32. The number of carbonyl (C=O) groups excluding carboxylic acids is 1. The number of urea groups is 1. The molecule has 0 spiro atoms. The lowest BCUT2D eigenvalue weighted by Crippen LogP contribution is -2.47. The Balaban J connectivity index is 1.70. The lowest BCUT2D eigenvalue weighted by atomic mass is 10.3. The van der Waals surface area contributed by atoms with E-state index in [1.54, 1.807) is 0 Å². The molecular formula is C10H19N3O3. The van der Waals surface area contributed by atoms with Crippen LogP contribution in [-0.2, 0) is 4.74 Å². The van der Waals surface area contributed by atoms with Gasteiger partial charge in [-0.05, 0) is 0 Å². The Morgan fingerprint density at radius 3 is 3.00 bits per heavy atom. The van der Waals surface area contributed by atoms with Crippen molar-refractivity contribution in [2.24, 2.45) is 0 Å². The van der Waals surface area contributed by atoms with Crippen molar-refractivity contribution < 1.29 is 14.6 Å². The van der Waals surface area contributed by atoms with Gasteiger partial charge in [0.15, 0.2) is 0 Å². The van der Waals surface area contributed by atoms with Crippen molar-refractivity contribution in [1.29, 1.82) is 0 Å². The van der Waals surface area contributed by atoms with Crippen LogP contribution in [0, 0.1) is 0 Å². The molecule has 0 aliphatic carbocycles. The van der Waals surface area contributed by atoms with Crippen LogP contribution in [0.5, 0.6) is 0 Å². The third kappa shape index (κ3) is 2.84. The molecule has 2 fully saturated rings. The fourth-order valence-corrected chi connectivity index (χ4v) is 2.08. The molecule has 2 N–H and O–H groups in total. The molecule has 92 valence electrons. The summed E-state index contributed by atoms with van der Waals surface area (Å²) in [4.78, 5) is 15.4. The first-order valence-electron chi connectivity index (χ1n) is 5.77. The highest BCUT2D eigenvalue weighted by Gasteiger charge is 2.23. The SMILES string of the molecule is O=C1NCCN1CCN1CCOC(CO)C1. The number of aliphatic hydroxyl groups excluding tert-OH is 1. The first kappa shape index (κ1) is 11.6. The fourth-order valence-electron chi connectivity index (χ4n) is 2.08. The van der Waals surface area contributed by atoms with Gasteiger partial charge in [-0.3, -0.25) is 4.90 Å². The highest BCUT2D eigenvalue weighted by molar-refractivity contribution is 5.76. The molecular weight excluding hydrogens is 210 g/mol. The molecule has 2 rings (SSSR count). The van der Waals surface area contributed by atoms with Gasteiger partial charge in [-0.25, -0.2) is 4.79 Å². The van der Waals surface area contributed by atoms with E-state index in [1.165, 1.54) is 0 Å². The number of morpholine rings is 1. The second-order valence-electron chi connectivity index (χ2n) is 4.19. The Morgan fingerprint density at radius 1 is 1.44 bits per heavy atom. The van der Waals surface area contributed by atoms with E-state index in [1.807, 2.05) is 4.90 Å². The molecule has 1 atom stereocenters. The van der Waals surface area contributed by atoms with Gasteiger partial charge in [-0.1, -0.05) is 0 Å². The van der Waals surface area contributed by atoms with Crippen LogP contribution in [-0.4, -0.2) is 79.5 Å². The Bertz CT molecular complexity index is 249. The fraction of sp³-hybridized carbons (Fsp3) is 0.900. The molecule has 16 heavy (non-hydrogen) atoms. The van der Waals surface area contributed by atoms with Crippen molar-refractivity contribution in [3.8, 4) is 0 Å². The molecule has 0 aromatic rings. The summed E-state index contributed by atoms with van der Waals surface area (Å²) in [5, 5.41) is 11.8. The number of hydrogen-bond donors (Lipinski definition) is 2. The van der Waals surface area contributed by atoms with Gasteiger partial charge in [0.1, 0.15) is 0 Å². The molecule has 6 heteroatoms. The predicted molar refractivity (Wildman–Crippen MR) is 58.2 cm³/mol. The van der Waals surface area contributed by atoms with Gasteiger partial charge >= 0.3 is 6.03 Å². The van der Waals surface area contributed by atoms with Crippen LogP contribution in [0.3, 0.4) is 0 Å². The highest BCUT2D eigenvalue weighted by Crippen LogP contribution is 2.05. The van der Waals surface area contributed by atoms with Crippen molar-refractivity contribution in [3.63, 3.8) is 0 Å². The van der Waals surface area contributed by atoms with Crippen molar-refractivity contribution >= 4 is 6.03 Å². The number of amides is 2. The van der Waals surface area contributed by atoms with E-state index >= 15 is 0 Å². The molecule has 6 nitrogen and oxygen atoms in total. The van der Waals surface area contributed by atoms with Crippen LogP contribution in [0.4, 0.5) is 4.79 Å². The Labute approximate surface area is 95.2 Å². The molecule has 2 aliphatic heterocycles. The maximum absolute atomic E-state index is 11.3. The summed E-state index contributed by atoms with van der Waals surface area (Å²) >= 11 is 0. The van der Waals surface area contributed by atoms with Crippen molar-refractivity contribution in [3.05, 3.63) is 0 Å². The summed E-state index contributed by atoms with van der Waals surface area (Å²) < 4.78 is 5.37.